The predicted octanol–water partition coefficient (Wildman–Crippen LogP) is 2.54. The highest BCUT2D eigenvalue weighted by Gasteiger charge is 2.61. The lowest BCUT2D eigenvalue weighted by molar-refractivity contribution is -0.0462. The maximum absolute atomic E-state index is 12.6. The molecule has 1 N–H and O–H groups in total. The summed E-state index contributed by atoms with van der Waals surface area (Å²) in [6.45, 7) is 0. The Labute approximate surface area is 140 Å². The molecule has 0 amide bonds. The van der Waals surface area contributed by atoms with E-state index in [1.54, 1.807) is 0 Å². The van der Waals surface area contributed by atoms with E-state index in [2.05, 4.69) is 0 Å². The number of carboxylic acid groups (broad SMARTS) is 1. The van der Waals surface area contributed by atoms with Crippen LogP contribution in [0, 0.1) is 0 Å². The zero-order chi connectivity index (χ0) is 20.0. The van der Waals surface area contributed by atoms with E-state index in [0.29, 0.717) is 6.07 Å². The standard InChI is InChI=1S/C9H4ClF6NO6S2/c10-6-3-4(1-2-5(6)7(18)19)17(24(20,21)8(11,12)13)25(22,23)9(14,15)16/h1-3H,(H,18,19). The summed E-state index contributed by atoms with van der Waals surface area (Å²) in [6.07, 6.45) is 0. The van der Waals surface area contributed by atoms with E-state index in [-0.39, 0.29) is 12.1 Å². The van der Waals surface area contributed by atoms with Gasteiger partial charge in [-0.2, -0.15) is 43.2 Å². The van der Waals surface area contributed by atoms with Crippen LogP contribution in [-0.4, -0.2) is 38.9 Å². The van der Waals surface area contributed by atoms with Crippen LogP contribution < -0.4 is 3.71 Å². The molecule has 0 fully saturated rings. The molecule has 1 aromatic rings. The first-order valence-corrected chi connectivity index (χ1v) is 8.66. The van der Waals surface area contributed by atoms with Crippen LogP contribution in [0.1, 0.15) is 10.4 Å². The third-order valence-corrected chi connectivity index (χ3v) is 6.37. The van der Waals surface area contributed by atoms with Crippen LogP contribution in [0.15, 0.2) is 18.2 Å². The Morgan fingerprint density at radius 3 is 1.64 bits per heavy atom. The average molecular weight is 436 g/mol. The minimum absolute atomic E-state index is 0.0254. The molecule has 0 saturated carbocycles. The second-order valence-corrected chi connectivity index (χ2v) is 8.26. The molecule has 16 heteroatoms. The van der Waals surface area contributed by atoms with Gasteiger partial charge in [0.05, 0.1) is 16.3 Å². The van der Waals surface area contributed by atoms with E-state index >= 15 is 0 Å². The van der Waals surface area contributed by atoms with Crippen molar-refractivity contribution in [3.05, 3.63) is 28.8 Å². The minimum atomic E-state index is -7.06. The Morgan fingerprint density at radius 1 is 0.960 bits per heavy atom. The Bertz CT molecular complexity index is 863. The SMILES string of the molecule is O=C(O)c1ccc(N(S(=O)(=O)C(F)(F)F)S(=O)(=O)C(F)(F)F)cc1Cl. The second kappa shape index (κ2) is 6.21. The molecule has 142 valence electrons. The van der Waals surface area contributed by atoms with Gasteiger partial charge in [-0.25, -0.2) is 4.79 Å². The number of sulfonamides is 2. The van der Waals surface area contributed by atoms with Crippen molar-refractivity contribution in [3.8, 4) is 0 Å². The van der Waals surface area contributed by atoms with Crippen molar-refractivity contribution >= 4 is 43.3 Å². The molecule has 0 aliphatic rings. The number of anilines is 1. The number of halogens is 7. The van der Waals surface area contributed by atoms with E-state index < -0.39 is 57.0 Å². The Hall–Kier alpha value is -1.74. The molecule has 0 saturated heterocycles. The molecule has 0 aliphatic carbocycles. The molecular formula is C9H4ClF6NO6S2. The van der Waals surface area contributed by atoms with Gasteiger partial charge in [0.2, 0.25) is 0 Å². The van der Waals surface area contributed by atoms with Crippen LogP contribution in [0.3, 0.4) is 0 Å². The highest BCUT2D eigenvalue weighted by Crippen LogP contribution is 2.39. The van der Waals surface area contributed by atoms with Crippen molar-refractivity contribution in [1.29, 1.82) is 0 Å². The van der Waals surface area contributed by atoms with Gasteiger partial charge < -0.3 is 5.11 Å². The number of hydrogen-bond acceptors (Lipinski definition) is 5. The first kappa shape index (κ1) is 21.3. The van der Waals surface area contributed by atoms with Crippen LogP contribution >= 0.6 is 11.6 Å². The van der Waals surface area contributed by atoms with Gasteiger partial charge in [-0.05, 0) is 18.2 Å². The van der Waals surface area contributed by atoms with Crippen molar-refractivity contribution in [2.75, 3.05) is 3.71 Å². The quantitative estimate of drug-likeness (QED) is 0.728. The molecular weight excluding hydrogens is 432 g/mol. The van der Waals surface area contributed by atoms with Crippen LogP contribution in [0.25, 0.3) is 0 Å². The fraction of sp³-hybridized carbons (Fsp3) is 0.222. The first-order chi connectivity index (χ1) is 10.9. The molecule has 0 aliphatic heterocycles. The maximum Gasteiger partial charge on any atom is 0.517 e. The fourth-order valence-corrected chi connectivity index (χ4v) is 4.34. The number of hydrogen-bond donors (Lipinski definition) is 1. The molecule has 0 bridgehead atoms. The number of carboxylic acids is 1. The summed E-state index contributed by atoms with van der Waals surface area (Å²) in [7, 11) is -14.1. The lowest BCUT2D eigenvalue weighted by atomic mass is 10.2. The lowest BCUT2D eigenvalue weighted by Gasteiger charge is -2.25. The third kappa shape index (κ3) is 3.77. The number of rotatable bonds is 4. The molecule has 25 heavy (non-hydrogen) atoms. The van der Waals surface area contributed by atoms with Gasteiger partial charge in [-0.3, -0.25) is 0 Å². The topological polar surface area (TPSA) is 109 Å². The number of aromatic carboxylic acids is 1. The van der Waals surface area contributed by atoms with Crippen molar-refractivity contribution in [2.24, 2.45) is 0 Å². The molecule has 0 heterocycles. The van der Waals surface area contributed by atoms with Gasteiger partial charge >= 0.3 is 37.0 Å². The normalized spacial score (nSPS) is 13.6. The minimum Gasteiger partial charge on any atom is -0.478 e. The van der Waals surface area contributed by atoms with Crippen molar-refractivity contribution in [1.82, 2.24) is 0 Å². The van der Waals surface area contributed by atoms with Crippen LogP contribution in [0.2, 0.25) is 5.02 Å². The van der Waals surface area contributed by atoms with Crippen LogP contribution in [0.4, 0.5) is 32.0 Å². The number of carbonyl (C=O) groups is 1. The first-order valence-electron chi connectivity index (χ1n) is 5.40. The highest BCUT2D eigenvalue weighted by atomic mass is 35.5. The largest absolute Gasteiger partial charge is 0.517 e. The summed E-state index contributed by atoms with van der Waals surface area (Å²) in [5, 5.41) is 7.68. The molecule has 0 aromatic heterocycles. The Kier molecular flexibility index (Phi) is 5.29. The van der Waals surface area contributed by atoms with E-state index in [4.69, 9.17) is 16.7 Å². The molecule has 1 rings (SSSR count). The van der Waals surface area contributed by atoms with Gasteiger partial charge in [-0.15, -0.1) is 3.71 Å². The Balaban J connectivity index is 3.84. The summed E-state index contributed by atoms with van der Waals surface area (Å²) < 4.78 is 119. The van der Waals surface area contributed by atoms with Gasteiger partial charge in [-0.1, -0.05) is 11.6 Å². The third-order valence-electron chi connectivity index (χ3n) is 2.42. The molecule has 1 aromatic carbocycles. The predicted molar refractivity (Wildman–Crippen MR) is 70.8 cm³/mol. The van der Waals surface area contributed by atoms with E-state index in [1.165, 1.54) is 0 Å². The van der Waals surface area contributed by atoms with Crippen molar-refractivity contribution in [3.63, 3.8) is 0 Å². The lowest BCUT2D eigenvalue weighted by Crippen LogP contribution is -2.49. The second-order valence-electron chi connectivity index (χ2n) is 4.07. The van der Waals surface area contributed by atoms with E-state index in [1.807, 2.05) is 0 Å². The maximum atomic E-state index is 12.6. The van der Waals surface area contributed by atoms with Crippen molar-refractivity contribution in [2.45, 2.75) is 11.0 Å². The smallest absolute Gasteiger partial charge is 0.478 e. The molecule has 0 unspecified atom stereocenters. The zero-order valence-corrected chi connectivity index (χ0v) is 13.5. The van der Waals surface area contributed by atoms with Crippen LogP contribution in [0.5, 0.6) is 0 Å². The number of benzene rings is 1. The molecule has 0 atom stereocenters. The number of alkyl halides is 6. The monoisotopic (exact) mass is 435 g/mol. The summed E-state index contributed by atoms with van der Waals surface area (Å²) in [6, 6.07) is 0.476. The fourth-order valence-electron chi connectivity index (χ4n) is 1.39. The summed E-state index contributed by atoms with van der Waals surface area (Å²) in [4.78, 5) is 10.7. The van der Waals surface area contributed by atoms with Gasteiger partial charge in [0.15, 0.2) is 0 Å². The molecule has 0 radical (unpaired) electrons. The summed E-state index contributed by atoms with van der Waals surface area (Å²) in [5.41, 5.74) is -15.3. The number of nitrogens with zero attached hydrogens (tertiary/aromatic N) is 1. The summed E-state index contributed by atoms with van der Waals surface area (Å²) >= 11 is 5.34. The van der Waals surface area contributed by atoms with Gasteiger partial charge in [0, 0.05) is 0 Å². The average Bonchev–Trinajstić information content (AvgIpc) is 2.34. The van der Waals surface area contributed by atoms with Crippen molar-refractivity contribution < 1.29 is 53.1 Å². The zero-order valence-electron chi connectivity index (χ0n) is 11.1. The molecule has 7 nitrogen and oxygen atoms in total. The van der Waals surface area contributed by atoms with E-state index in [9.17, 15) is 48.0 Å². The van der Waals surface area contributed by atoms with Crippen LogP contribution in [-0.2, 0) is 20.0 Å². The Morgan fingerprint density at radius 2 is 1.36 bits per heavy atom. The highest BCUT2D eigenvalue weighted by molar-refractivity contribution is 8.11. The molecule has 0 spiro atoms. The van der Waals surface area contributed by atoms with Gasteiger partial charge in [0.1, 0.15) is 0 Å². The van der Waals surface area contributed by atoms with Gasteiger partial charge in [0.25, 0.3) is 0 Å². The summed E-state index contributed by atoms with van der Waals surface area (Å²) in [5.74, 6) is -1.75. The van der Waals surface area contributed by atoms with E-state index in [0.717, 1.165) is 0 Å².